The van der Waals surface area contributed by atoms with Crippen LogP contribution in [0, 0.1) is 5.92 Å². The number of furan rings is 1. The first-order valence-electron chi connectivity index (χ1n) is 17.8. The van der Waals surface area contributed by atoms with Gasteiger partial charge in [0.2, 0.25) is 0 Å². The summed E-state index contributed by atoms with van der Waals surface area (Å²) < 4.78 is 6.68. The molecule has 0 amide bonds. The van der Waals surface area contributed by atoms with E-state index in [1.807, 2.05) is 6.07 Å². The van der Waals surface area contributed by atoms with Gasteiger partial charge in [0.05, 0.1) is 0 Å². The first-order valence-corrected chi connectivity index (χ1v) is 17.8. The Kier molecular flexibility index (Phi) is 7.14. The average Bonchev–Trinajstić information content (AvgIpc) is 3.58. The fourth-order valence-electron chi connectivity index (χ4n) is 7.49. The summed E-state index contributed by atoms with van der Waals surface area (Å²) in [7, 11) is 0. The largest absolute Gasteiger partial charge is 0.460 e. The fraction of sp³-hybridized carbons (Fsp3) is 0.0625. The molecule has 9 aromatic rings. The SMILES string of the molecule is CC1C=Cc2c(oc3cc(-c4ccc(-c5ccccc5)cc4)cc(-c4nc(-c5ccc6ccccc6c5)nc(-c5ccc6ccccc6c5)n4)c23)C1. The summed E-state index contributed by atoms with van der Waals surface area (Å²) in [4.78, 5) is 15.7. The third-order valence-electron chi connectivity index (χ3n) is 10.2. The Morgan fingerprint density at radius 3 is 1.63 bits per heavy atom. The lowest BCUT2D eigenvalue weighted by Gasteiger charge is -2.13. The molecule has 0 bridgehead atoms. The van der Waals surface area contributed by atoms with Crippen LogP contribution in [-0.4, -0.2) is 15.0 Å². The van der Waals surface area contributed by atoms with Crippen molar-refractivity contribution in [3.63, 3.8) is 0 Å². The molecule has 4 heteroatoms. The number of allylic oxidation sites excluding steroid dienone is 1. The lowest BCUT2D eigenvalue weighted by atomic mass is 9.92. The molecule has 7 aromatic carbocycles. The van der Waals surface area contributed by atoms with Crippen molar-refractivity contribution in [2.24, 2.45) is 5.92 Å². The zero-order valence-electron chi connectivity index (χ0n) is 28.6. The minimum atomic E-state index is 0.401. The molecule has 4 nitrogen and oxygen atoms in total. The van der Waals surface area contributed by atoms with Gasteiger partial charge >= 0.3 is 0 Å². The maximum atomic E-state index is 6.68. The molecule has 2 aromatic heterocycles. The van der Waals surface area contributed by atoms with Gasteiger partial charge in [-0.15, -0.1) is 0 Å². The van der Waals surface area contributed by atoms with Crippen molar-refractivity contribution in [1.82, 2.24) is 15.0 Å². The lowest BCUT2D eigenvalue weighted by Crippen LogP contribution is -2.02. The van der Waals surface area contributed by atoms with E-state index >= 15 is 0 Å². The van der Waals surface area contributed by atoms with Gasteiger partial charge in [-0.05, 0) is 74.0 Å². The summed E-state index contributed by atoms with van der Waals surface area (Å²) in [5, 5.41) is 5.66. The predicted molar refractivity (Wildman–Crippen MR) is 214 cm³/mol. The summed E-state index contributed by atoms with van der Waals surface area (Å²) >= 11 is 0. The number of rotatable bonds is 5. The van der Waals surface area contributed by atoms with E-state index in [1.54, 1.807) is 0 Å². The van der Waals surface area contributed by atoms with Crippen molar-refractivity contribution in [3.05, 3.63) is 169 Å². The summed E-state index contributed by atoms with van der Waals surface area (Å²) in [6.45, 7) is 2.23. The molecular weight excluding hydrogens is 635 g/mol. The Labute approximate surface area is 301 Å². The predicted octanol–water partition coefficient (Wildman–Crippen LogP) is 12.5. The van der Waals surface area contributed by atoms with Crippen molar-refractivity contribution in [2.75, 3.05) is 0 Å². The second-order valence-corrected chi connectivity index (χ2v) is 13.7. The number of hydrogen-bond acceptors (Lipinski definition) is 4. The standard InChI is InChI=1S/C48H33N3O/c1-30-15-24-41-43(25-30)52-44-29-40(35-18-16-34(17-19-35)31-9-3-2-4-10-31)28-42(45(41)44)48-50-46(38-22-20-32-11-5-7-13-36(32)26-38)49-47(51-48)39-23-21-33-12-6-8-14-37(33)27-39/h2-24,26-30H,25H2,1H3. The average molecular weight is 668 g/mol. The smallest absolute Gasteiger partial charge is 0.164 e. The van der Waals surface area contributed by atoms with E-state index in [9.17, 15) is 0 Å². The molecule has 1 atom stereocenters. The van der Waals surface area contributed by atoms with Gasteiger partial charge in [0.1, 0.15) is 11.3 Å². The van der Waals surface area contributed by atoms with E-state index in [4.69, 9.17) is 19.4 Å². The molecular formula is C48H33N3O. The monoisotopic (exact) mass is 667 g/mol. The van der Waals surface area contributed by atoms with Crippen LogP contribution in [0.15, 0.2) is 162 Å². The lowest BCUT2D eigenvalue weighted by molar-refractivity contribution is 0.513. The molecule has 0 radical (unpaired) electrons. The first-order chi connectivity index (χ1) is 25.6. The molecule has 0 aliphatic heterocycles. The minimum Gasteiger partial charge on any atom is -0.460 e. The van der Waals surface area contributed by atoms with Crippen molar-refractivity contribution < 1.29 is 4.42 Å². The van der Waals surface area contributed by atoms with E-state index in [2.05, 4.69) is 165 Å². The topological polar surface area (TPSA) is 51.8 Å². The number of benzene rings is 7. The summed E-state index contributed by atoms with van der Waals surface area (Å²) in [5.74, 6) is 3.28. The van der Waals surface area contributed by atoms with E-state index < -0.39 is 0 Å². The van der Waals surface area contributed by atoms with Crippen LogP contribution in [0.5, 0.6) is 0 Å². The highest BCUT2D eigenvalue weighted by atomic mass is 16.3. The van der Waals surface area contributed by atoms with E-state index in [0.717, 1.165) is 67.3 Å². The number of fused-ring (bicyclic) bond motifs is 5. The van der Waals surface area contributed by atoms with Gasteiger partial charge in [-0.2, -0.15) is 0 Å². The summed E-state index contributed by atoms with van der Waals surface area (Å²) in [5.41, 5.74) is 9.26. The minimum absolute atomic E-state index is 0.401. The van der Waals surface area contributed by atoms with Crippen LogP contribution in [0.1, 0.15) is 18.2 Å². The number of nitrogens with zero attached hydrogens (tertiary/aromatic N) is 3. The summed E-state index contributed by atoms with van der Waals surface area (Å²) in [6, 6.07) is 53.2. The number of aromatic nitrogens is 3. The zero-order chi connectivity index (χ0) is 34.6. The number of hydrogen-bond donors (Lipinski definition) is 0. The normalized spacial score (nSPS) is 13.9. The third-order valence-corrected chi connectivity index (χ3v) is 10.2. The highest BCUT2D eigenvalue weighted by Crippen LogP contribution is 2.42. The summed E-state index contributed by atoms with van der Waals surface area (Å²) in [6.07, 6.45) is 5.33. The highest BCUT2D eigenvalue weighted by Gasteiger charge is 2.24. The Morgan fingerprint density at radius 1 is 0.481 bits per heavy atom. The molecule has 0 spiro atoms. The molecule has 0 saturated carbocycles. The van der Waals surface area contributed by atoms with Gasteiger partial charge in [-0.3, -0.25) is 0 Å². The molecule has 0 saturated heterocycles. The van der Waals surface area contributed by atoms with E-state index in [-0.39, 0.29) is 0 Å². The van der Waals surface area contributed by atoms with Gasteiger partial charge in [-0.1, -0.05) is 146 Å². The Morgan fingerprint density at radius 2 is 1.00 bits per heavy atom. The van der Waals surface area contributed by atoms with Crippen LogP contribution < -0.4 is 0 Å². The van der Waals surface area contributed by atoms with Crippen LogP contribution >= 0.6 is 0 Å². The van der Waals surface area contributed by atoms with Crippen LogP contribution in [0.25, 0.3) is 95.0 Å². The molecule has 52 heavy (non-hydrogen) atoms. The Hall–Kier alpha value is -6.65. The quantitative estimate of drug-likeness (QED) is 0.183. The maximum absolute atomic E-state index is 6.68. The molecule has 1 unspecified atom stereocenters. The molecule has 246 valence electrons. The van der Waals surface area contributed by atoms with E-state index in [0.29, 0.717) is 23.4 Å². The van der Waals surface area contributed by atoms with Gasteiger partial charge in [0.15, 0.2) is 17.5 Å². The molecule has 2 heterocycles. The maximum Gasteiger partial charge on any atom is 0.164 e. The van der Waals surface area contributed by atoms with Gasteiger partial charge in [0.25, 0.3) is 0 Å². The zero-order valence-corrected chi connectivity index (χ0v) is 28.6. The second-order valence-electron chi connectivity index (χ2n) is 13.7. The molecule has 10 rings (SSSR count). The highest BCUT2D eigenvalue weighted by molar-refractivity contribution is 6.03. The van der Waals surface area contributed by atoms with Crippen molar-refractivity contribution in [2.45, 2.75) is 13.3 Å². The first kappa shape index (κ1) is 30.2. The van der Waals surface area contributed by atoms with E-state index in [1.165, 1.54) is 21.9 Å². The van der Waals surface area contributed by atoms with Crippen LogP contribution in [0.3, 0.4) is 0 Å². The molecule has 1 aliphatic carbocycles. The second kappa shape index (κ2) is 12.3. The van der Waals surface area contributed by atoms with Crippen molar-refractivity contribution in [1.29, 1.82) is 0 Å². The van der Waals surface area contributed by atoms with Gasteiger partial charge < -0.3 is 4.42 Å². The third kappa shape index (κ3) is 5.37. The van der Waals surface area contributed by atoms with Crippen molar-refractivity contribution >= 4 is 38.6 Å². The molecule has 0 N–H and O–H groups in total. The Balaban J connectivity index is 1.21. The van der Waals surface area contributed by atoms with Crippen LogP contribution in [0.2, 0.25) is 0 Å². The molecule has 0 fully saturated rings. The fourth-order valence-corrected chi connectivity index (χ4v) is 7.49. The van der Waals surface area contributed by atoms with Gasteiger partial charge in [0, 0.05) is 34.1 Å². The van der Waals surface area contributed by atoms with Crippen LogP contribution in [0.4, 0.5) is 0 Å². The van der Waals surface area contributed by atoms with Gasteiger partial charge in [-0.25, -0.2) is 15.0 Å². The van der Waals surface area contributed by atoms with Crippen LogP contribution in [-0.2, 0) is 6.42 Å². The molecule has 1 aliphatic rings. The van der Waals surface area contributed by atoms with Crippen molar-refractivity contribution in [3.8, 4) is 56.4 Å². The Bertz CT molecular complexity index is 2730.